The highest BCUT2D eigenvalue weighted by atomic mass is 16.5. The Morgan fingerprint density at radius 3 is 2.45 bits per heavy atom. The molecule has 120 valence electrons. The third kappa shape index (κ3) is 2.45. The number of benzene rings is 1. The molecule has 5 heteroatoms. The Labute approximate surface area is 130 Å². The number of hydrogen-bond acceptors (Lipinski definition) is 4. The number of carboxylic acid groups (broad SMARTS) is 1. The molecule has 0 heterocycles. The SMILES string of the molecule is COc1ccccc1NC(=O)[C@@H]1CC[C@](C)(C(=O)[O-])C1(C)C. The molecule has 1 aromatic carbocycles. The van der Waals surface area contributed by atoms with E-state index in [1.165, 1.54) is 7.11 Å². The van der Waals surface area contributed by atoms with Gasteiger partial charge in [0.05, 0.1) is 12.8 Å². The maximum Gasteiger partial charge on any atom is 0.228 e. The van der Waals surface area contributed by atoms with E-state index in [2.05, 4.69) is 5.32 Å². The van der Waals surface area contributed by atoms with Crippen LogP contribution in [0.25, 0.3) is 0 Å². The maximum atomic E-state index is 12.6. The van der Waals surface area contributed by atoms with Crippen molar-refractivity contribution in [3.8, 4) is 5.75 Å². The second kappa shape index (κ2) is 5.63. The Hall–Kier alpha value is -2.04. The predicted octanol–water partition coefficient (Wildman–Crippen LogP) is 1.83. The molecule has 1 saturated carbocycles. The Kier molecular flexibility index (Phi) is 4.18. The number of anilines is 1. The molecule has 2 rings (SSSR count). The van der Waals surface area contributed by atoms with Gasteiger partial charge in [-0.05, 0) is 30.4 Å². The quantitative estimate of drug-likeness (QED) is 0.920. The summed E-state index contributed by atoms with van der Waals surface area (Å²) in [5, 5.41) is 14.4. The lowest BCUT2D eigenvalue weighted by atomic mass is 9.65. The van der Waals surface area contributed by atoms with Gasteiger partial charge in [-0.25, -0.2) is 0 Å². The number of amides is 1. The third-order valence-electron chi connectivity index (χ3n) is 5.36. The van der Waals surface area contributed by atoms with Crippen molar-refractivity contribution in [2.45, 2.75) is 33.6 Å². The molecule has 0 saturated heterocycles. The fraction of sp³-hybridized carbons (Fsp3) is 0.529. The average molecular weight is 304 g/mol. The normalized spacial score (nSPS) is 26.5. The van der Waals surface area contributed by atoms with Crippen molar-refractivity contribution < 1.29 is 19.4 Å². The third-order valence-corrected chi connectivity index (χ3v) is 5.36. The van der Waals surface area contributed by atoms with Gasteiger partial charge >= 0.3 is 0 Å². The molecule has 5 nitrogen and oxygen atoms in total. The van der Waals surface area contributed by atoms with Gasteiger partial charge in [-0.2, -0.15) is 0 Å². The summed E-state index contributed by atoms with van der Waals surface area (Å²) in [5.74, 6) is -1.08. The summed E-state index contributed by atoms with van der Waals surface area (Å²) in [7, 11) is 1.54. The Morgan fingerprint density at radius 1 is 1.27 bits per heavy atom. The van der Waals surface area contributed by atoms with Crippen LogP contribution in [0.4, 0.5) is 5.69 Å². The number of nitrogens with one attached hydrogen (secondary N) is 1. The molecule has 0 unspecified atom stereocenters. The van der Waals surface area contributed by atoms with Crippen molar-refractivity contribution in [2.24, 2.45) is 16.7 Å². The topological polar surface area (TPSA) is 78.5 Å². The van der Waals surface area contributed by atoms with Gasteiger partial charge in [-0.1, -0.05) is 32.9 Å². The number of hydrogen-bond donors (Lipinski definition) is 1. The summed E-state index contributed by atoms with van der Waals surface area (Å²) < 4.78 is 5.22. The van der Waals surface area contributed by atoms with Gasteiger partial charge in [-0.3, -0.25) is 4.79 Å². The Bertz CT molecular complexity index is 596. The fourth-order valence-corrected chi connectivity index (χ4v) is 3.29. The predicted molar refractivity (Wildman–Crippen MR) is 81.2 cm³/mol. The summed E-state index contributed by atoms with van der Waals surface area (Å²) >= 11 is 0. The van der Waals surface area contributed by atoms with Crippen LogP contribution in [-0.4, -0.2) is 19.0 Å². The minimum atomic E-state index is -1.09. The van der Waals surface area contributed by atoms with E-state index in [4.69, 9.17) is 4.74 Å². The second-order valence-electron chi connectivity index (χ2n) is 6.62. The molecule has 0 aliphatic heterocycles. The van der Waals surface area contributed by atoms with Crippen molar-refractivity contribution in [3.63, 3.8) is 0 Å². The molecule has 1 fully saturated rings. The van der Waals surface area contributed by atoms with Crippen LogP contribution in [0.2, 0.25) is 0 Å². The van der Waals surface area contributed by atoms with E-state index >= 15 is 0 Å². The van der Waals surface area contributed by atoms with Gasteiger partial charge in [0.25, 0.3) is 0 Å². The standard InChI is InChI=1S/C17H23NO4/c1-16(2)11(9-10-17(16,3)15(20)21)14(19)18-12-7-5-6-8-13(12)22-4/h5-8,11H,9-10H2,1-4H3,(H,18,19)(H,20,21)/p-1/t11-,17+/m0/s1. The van der Waals surface area contributed by atoms with Crippen LogP contribution >= 0.6 is 0 Å². The van der Waals surface area contributed by atoms with Crippen LogP contribution in [0.15, 0.2) is 24.3 Å². The van der Waals surface area contributed by atoms with E-state index in [0.29, 0.717) is 24.3 Å². The summed E-state index contributed by atoms with van der Waals surface area (Å²) in [5.41, 5.74) is -1.10. The lowest BCUT2D eigenvalue weighted by molar-refractivity contribution is -0.323. The minimum absolute atomic E-state index is 0.181. The van der Waals surface area contributed by atoms with Gasteiger partial charge < -0.3 is 20.0 Å². The summed E-state index contributed by atoms with van der Waals surface area (Å²) in [6.07, 6.45) is 0.963. The number of methoxy groups -OCH3 is 1. The zero-order valence-corrected chi connectivity index (χ0v) is 13.4. The van der Waals surface area contributed by atoms with E-state index in [1.807, 2.05) is 26.0 Å². The summed E-state index contributed by atoms with van der Waals surface area (Å²) in [4.78, 5) is 24.1. The number of aliphatic carboxylic acids is 1. The van der Waals surface area contributed by atoms with Gasteiger partial charge in [0.2, 0.25) is 5.91 Å². The zero-order chi connectivity index (χ0) is 16.5. The first-order valence-corrected chi connectivity index (χ1v) is 7.39. The summed E-state index contributed by atoms with van der Waals surface area (Å²) in [6.45, 7) is 5.31. The van der Waals surface area contributed by atoms with Gasteiger partial charge in [0.15, 0.2) is 0 Å². The molecule has 2 atom stereocenters. The lowest BCUT2D eigenvalue weighted by Crippen LogP contribution is -2.49. The van der Waals surface area contributed by atoms with Crippen molar-refractivity contribution in [1.82, 2.24) is 0 Å². The molecule has 1 amide bonds. The number of rotatable bonds is 4. The van der Waals surface area contributed by atoms with Crippen LogP contribution in [0, 0.1) is 16.7 Å². The van der Waals surface area contributed by atoms with E-state index in [-0.39, 0.29) is 11.8 Å². The average Bonchev–Trinajstić information content (AvgIpc) is 2.71. The van der Waals surface area contributed by atoms with Crippen molar-refractivity contribution >= 4 is 17.6 Å². The first kappa shape index (κ1) is 16.3. The second-order valence-corrected chi connectivity index (χ2v) is 6.62. The molecular weight excluding hydrogens is 282 g/mol. The highest BCUT2D eigenvalue weighted by Crippen LogP contribution is 2.55. The number of carboxylic acids is 1. The van der Waals surface area contributed by atoms with Gasteiger partial charge in [0.1, 0.15) is 5.75 Å². The van der Waals surface area contributed by atoms with Crippen LogP contribution in [0.5, 0.6) is 5.75 Å². The molecule has 0 aromatic heterocycles. The van der Waals surface area contributed by atoms with Gasteiger partial charge in [-0.15, -0.1) is 0 Å². The van der Waals surface area contributed by atoms with Crippen LogP contribution in [-0.2, 0) is 9.59 Å². The fourth-order valence-electron chi connectivity index (χ4n) is 3.29. The molecule has 0 bridgehead atoms. The van der Waals surface area contributed by atoms with Crippen molar-refractivity contribution in [1.29, 1.82) is 0 Å². The Morgan fingerprint density at radius 2 is 1.91 bits per heavy atom. The molecule has 1 aliphatic carbocycles. The lowest BCUT2D eigenvalue weighted by Gasteiger charge is -2.41. The first-order valence-electron chi connectivity index (χ1n) is 7.39. The zero-order valence-electron chi connectivity index (χ0n) is 13.4. The van der Waals surface area contributed by atoms with E-state index in [9.17, 15) is 14.7 Å². The van der Waals surface area contributed by atoms with Crippen molar-refractivity contribution in [3.05, 3.63) is 24.3 Å². The van der Waals surface area contributed by atoms with Gasteiger partial charge in [0, 0.05) is 17.3 Å². The first-order chi connectivity index (χ1) is 10.2. The molecule has 0 radical (unpaired) electrons. The molecular formula is C17H22NO4-. The molecule has 1 N–H and O–H groups in total. The molecule has 1 aliphatic rings. The number of carbonyl (C=O) groups is 2. The van der Waals surface area contributed by atoms with Crippen LogP contribution in [0.3, 0.4) is 0 Å². The maximum absolute atomic E-state index is 12.6. The van der Waals surface area contributed by atoms with E-state index < -0.39 is 16.8 Å². The number of ether oxygens (including phenoxy) is 1. The highest BCUT2D eigenvalue weighted by Gasteiger charge is 2.54. The minimum Gasteiger partial charge on any atom is -0.550 e. The van der Waals surface area contributed by atoms with Crippen LogP contribution < -0.4 is 15.2 Å². The van der Waals surface area contributed by atoms with Crippen LogP contribution in [0.1, 0.15) is 33.6 Å². The monoisotopic (exact) mass is 304 g/mol. The smallest absolute Gasteiger partial charge is 0.228 e. The highest BCUT2D eigenvalue weighted by molar-refractivity contribution is 5.95. The van der Waals surface area contributed by atoms with Crippen molar-refractivity contribution in [2.75, 3.05) is 12.4 Å². The number of para-hydroxylation sites is 2. The summed E-state index contributed by atoms with van der Waals surface area (Å²) in [6, 6.07) is 7.15. The molecule has 22 heavy (non-hydrogen) atoms. The molecule has 0 spiro atoms. The van der Waals surface area contributed by atoms with E-state index in [0.717, 1.165) is 0 Å². The Balaban J connectivity index is 2.22. The van der Waals surface area contributed by atoms with E-state index in [1.54, 1.807) is 19.1 Å². The molecule has 1 aromatic rings. The largest absolute Gasteiger partial charge is 0.550 e. The number of carbonyl (C=O) groups excluding carboxylic acids is 2.